The SMILES string of the molecule is CC1(C)c2ccccc2-c2c1ccc1c2ccc2c3ccccc3n(-c3nc4ccccc4o3)c12. The first-order valence-electron chi connectivity index (χ1n) is 12.1. The number of rotatable bonds is 1. The fourth-order valence-electron chi connectivity index (χ4n) is 6.22. The molecule has 1 aliphatic rings. The Labute approximate surface area is 202 Å². The van der Waals surface area contributed by atoms with Gasteiger partial charge in [0.15, 0.2) is 5.58 Å². The molecular weight excluding hydrogens is 428 g/mol. The molecule has 166 valence electrons. The van der Waals surface area contributed by atoms with Crippen LogP contribution in [0.1, 0.15) is 25.0 Å². The summed E-state index contributed by atoms with van der Waals surface area (Å²) in [5, 5.41) is 4.90. The van der Waals surface area contributed by atoms with E-state index < -0.39 is 0 Å². The van der Waals surface area contributed by atoms with Gasteiger partial charge in [0.2, 0.25) is 0 Å². The Balaban J connectivity index is 1.56. The van der Waals surface area contributed by atoms with Gasteiger partial charge in [0.1, 0.15) is 5.52 Å². The van der Waals surface area contributed by atoms with Crippen molar-refractivity contribution in [3.8, 4) is 17.1 Å². The second-order valence-electron chi connectivity index (χ2n) is 10.0. The summed E-state index contributed by atoms with van der Waals surface area (Å²) in [4.78, 5) is 4.89. The highest BCUT2D eigenvalue weighted by Gasteiger charge is 2.36. The summed E-state index contributed by atoms with van der Waals surface area (Å²) in [5.41, 5.74) is 9.33. The molecule has 2 heterocycles. The van der Waals surface area contributed by atoms with Crippen molar-refractivity contribution in [2.45, 2.75) is 19.3 Å². The molecule has 0 radical (unpaired) electrons. The minimum Gasteiger partial charge on any atom is -0.423 e. The number of nitrogens with zero attached hydrogens (tertiary/aromatic N) is 2. The molecule has 0 N–H and O–H groups in total. The Morgan fingerprint density at radius 3 is 2.29 bits per heavy atom. The van der Waals surface area contributed by atoms with Gasteiger partial charge in [-0.1, -0.05) is 92.7 Å². The minimum absolute atomic E-state index is 0.0257. The number of fused-ring (bicyclic) bond motifs is 10. The maximum atomic E-state index is 6.31. The second-order valence-corrected chi connectivity index (χ2v) is 10.0. The summed E-state index contributed by atoms with van der Waals surface area (Å²) >= 11 is 0. The van der Waals surface area contributed by atoms with Gasteiger partial charge >= 0.3 is 6.01 Å². The summed E-state index contributed by atoms with van der Waals surface area (Å²) in [6.07, 6.45) is 0. The molecule has 1 aliphatic carbocycles. The van der Waals surface area contributed by atoms with E-state index in [1.807, 2.05) is 24.3 Å². The van der Waals surface area contributed by atoms with Crippen LogP contribution in [0, 0.1) is 0 Å². The molecule has 0 amide bonds. The molecule has 0 saturated carbocycles. The van der Waals surface area contributed by atoms with Crippen LogP contribution in [0.25, 0.3) is 60.8 Å². The molecule has 0 saturated heterocycles. The van der Waals surface area contributed by atoms with Gasteiger partial charge in [0.05, 0.1) is 11.0 Å². The van der Waals surface area contributed by atoms with Crippen molar-refractivity contribution < 1.29 is 4.42 Å². The fraction of sp³-hybridized carbons (Fsp3) is 0.0938. The maximum absolute atomic E-state index is 6.31. The third-order valence-corrected chi connectivity index (χ3v) is 7.85. The van der Waals surface area contributed by atoms with Crippen LogP contribution in [0.2, 0.25) is 0 Å². The van der Waals surface area contributed by atoms with E-state index in [0.717, 1.165) is 22.1 Å². The van der Waals surface area contributed by atoms with E-state index in [0.29, 0.717) is 6.01 Å². The van der Waals surface area contributed by atoms with Gasteiger partial charge < -0.3 is 4.42 Å². The lowest BCUT2D eigenvalue weighted by atomic mass is 9.82. The molecular formula is C32H22N2O. The lowest BCUT2D eigenvalue weighted by molar-refractivity contribution is 0.574. The van der Waals surface area contributed by atoms with E-state index in [-0.39, 0.29) is 5.41 Å². The largest absolute Gasteiger partial charge is 0.423 e. The number of aromatic nitrogens is 2. The molecule has 35 heavy (non-hydrogen) atoms. The van der Waals surface area contributed by atoms with Crippen LogP contribution in [0.4, 0.5) is 0 Å². The number of hydrogen-bond donors (Lipinski definition) is 0. The molecule has 0 atom stereocenters. The van der Waals surface area contributed by atoms with Gasteiger partial charge in [-0.15, -0.1) is 0 Å². The van der Waals surface area contributed by atoms with Crippen molar-refractivity contribution in [1.82, 2.24) is 9.55 Å². The average Bonchev–Trinajstić information content (AvgIpc) is 3.53. The maximum Gasteiger partial charge on any atom is 0.307 e. The van der Waals surface area contributed by atoms with Crippen LogP contribution < -0.4 is 0 Å². The van der Waals surface area contributed by atoms with Gasteiger partial charge in [-0.2, -0.15) is 4.98 Å². The van der Waals surface area contributed by atoms with Crippen molar-refractivity contribution in [3.05, 3.63) is 108 Å². The Bertz CT molecular complexity index is 1950. The van der Waals surface area contributed by atoms with Gasteiger partial charge in [0, 0.05) is 21.6 Å². The van der Waals surface area contributed by atoms with Crippen LogP contribution in [-0.2, 0) is 5.41 Å². The van der Waals surface area contributed by atoms with E-state index >= 15 is 0 Å². The smallest absolute Gasteiger partial charge is 0.307 e. The minimum atomic E-state index is -0.0257. The van der Waals surface area contributed by atoms with E-state index in [9.17, 15) is 0 Å². The second kappa shape index (κ2) is 6.39. The predicted molar refractivity (Wildman–Crippen MR) is 143 cm³/mol. The van der Waals surface area contributed by atoms with E-state index in [1.54, 1.807) is 0 Å². The number of hydrogen-bond acceptors (Lipinski definition) is 2. The fourth-order valence-corrected chi connectivity index (χ4v) is 6.22. The monoisotopic (exact) mass is 450 g/mol. The Morgan fingerprint density at radius 1 is 0.657 bits per heavy atom. The Hall–Kier alpha value is -4.37. The third-order valence-electron chi connectivity index (χ3n) is 7.85. The number of para-hydroxylation sites is 3. The van der Waals surface area contributed by atoms with Crippen LogP contribution >= 0.6 is 0 Å². The normalized spacial score (nSPS) is 14.2. The highest BCUT2D eigenvalue weighted by molar-refractivity contribution is 6.21. The lowest BCUT2D eigenvalue weighted by Gasteiger charge is -2.21. The van der Waals surface area contributed by atoms with Crippen molar-refractivity contribution in [2.24, 2.45) is 0 Å². The van der Waals surface area contributed by atoms with Crippen molar-refractivity contribution in [1.29, 1.82) is 0 Å². The molecule has 0 unspecified atom stereocenters. The molecule has 0 fully saturated rings. The summed E-state index contributed by atoms with van der Waals surface area (Å²) in [5.74, 6) is 0. The van der Waals surface area contributed by atoms with Gasteiger partial charge in [0.25, 0.3) is 0 Å². The molecule has 8 rings (SSSR count). The van der Waals surface area contributed by atoms with Crippen molar-refractivity contribution in [2.75, 3.05) is 0 Å². The zero-order valence-corrected chi connectivity index (χ0v) is 19.5. The van der Waals surface area contributed by atoms with Crippen molar-refractivity contribution >= 4 is 43.7 Å². The molecule has 0 aliphatic heterocycles. The van der Waals surface area contributed by atoms with E-state index in [4.69, 9.17) is 9.40 Å². The molecule has 0 spiro atoms. The van der Waals surface area contributed by atoms with Crippen LogP contribution in [-0.4, -0.2) is 9.55 Å². The summed E-state index contributed by atoms with van der Waals surface area (Å²) in [6.45, 7) is 4.66. The zero-order valence-electron chi connectivity index (χ0n) is 19.5. The first-order chi connectivity index (χ1) is 17.1. The Morgan fingerprint density at radius 2 is 1.37 bits per heavy atom. The van der Waals surface area contributed by atoms with E-state index in [1.165, 1.54) is 43.8 Å². The van der Waals surface area contributed by atoms with Crippen LogP contribution in [0.3, 0.4) is 0 Å². The zero-order chi connectivity index (χ0) is 23.3. The predicted octanol–water partition coefficient (Wildman–Crippen LogP) is 8.38. The first kappa shape index (κ1) is 19.0. The average molecular weight is 451 g/mol. The molecule has 5 aromatic carbocycles. The molecule has 0 bridgehead atoms. The lowest BCUT2D eigenvalue weighted by Crippen LogP contribution is -2.14. The van der Waals surface area contributed by atoms with Crippen LogP contribution in [0.15, 0.2) is 101 Å². The first-order valence-corrected chi connectivity index (χ1v) is 12.1. The number of oxazole rings is 1. The quantitative estimate of drug-likeness (QED) is 0.251. The Kier molecular flexibility index (Phi) is 3.47. The molecule has 3 nitrogen and oxygen atoms in total. The number of benzene rings is 5. The molecule has 7 aromatic rings. The van der Waals surface area contributed by atoms with Gasteiger partial charge in [-0.25, -0.2) is 0 Å². The van der Waals surface area contributed by atoms with Crippen molar-refractivity contribution in [3.63, 3.8) is 0 Å². The summed E-state index contributed by atoms with van der Waals surface area (Å²) in [6, 6.07) is 35.1. The molecule has 2 aromatic heterocycles. The summed E-state index contributed by atoms with van der Waals surface area (Å²) < 4.78 is 8.51. The van der Waals surface area contributed by atoms with Crippen LogP contribution in [0.5, 0.6) is 0 Å². The summed E-state index contributed by atoms with van der Waals surface area (Å²) in [7, 11) is 0. The topological polar surface area (TPSA) is 31.0 Å². The van der Waals surface area contributed by atoms with E-state index in [2.05, 4.69) is 91.2 Å². The third kappa shape index (κ3) is 2.33. The highest BCUT2D eigenvalue weighted by Crippen LogP contribution is 2.52. The standard InChI is InChI=1S/C32H22N2O/c1-32(2)24-11-5-3-10-23(24)29-20-15-16-21-19-9-4-7-13-27(19)34(30(21)22(20)17-18-25(29)32)31-33-26-12-6-8-14-28(26)35-31/h3-18H,1-2H3. The van der Waals surface area contributed by atoms with Gasteiger partial charge in [-0.3, -0.25) is 4.57 Å². The highest BCUT2D eigenvalue weighted by atomic mass is 16.4. The molecule has 3 heteroatoms. The van der Waals surface area contributed by atoms with Gasteiger partial charge in [-0.05, 0) is 45.8 Å².